The van der Waals surface area contributed by atoms with E-state index >= 15 is 0 Å². The number of likely N-dealkylation sites (tertiary alicyclic amines) is 1. The first kappa shape index (κ1) is 29.8. The Bertz CT molecular complexity index is 1150. The van der Waals surface area contributed by atoms with Crippen LogP contribution in [0.5, 0.6) is 0 Å². The summed E-state index contributed by atoms with van der Waals surface area (Å²) >= 11 is 0. The van der Waals surface area contributed by atoms with Crippen molar-refractivity contribution in [2.24, 2.45) is 5.41 Å². The second kappa shape index (κ2) is 13.0. The van der Waals surface area contributed by atoms with Crippen LogP contribution < -0.4 is 10.6 Å². The highest BCUT2D eigenvalue weighted by molar-refractivity contribution is 5.93. The topological polar surface area (TPSA) is 99.6 Å². The lowest BCUT2D eigenvalue weighted by Crippen LogP contribution is -2.59. The van der Waals surface area contributed by atoms with E-state index in [2.05, 4.69) is 27.3 Å². The van der Waals surface area contributed by atoms with Gasteiger partial charge in [0, 0.05) is 44.8 Å². The number of carbonyl (C=O) groups excluding carboxylic acids is 3. The average Bonchev–Trinajstić information content (AvgIpc) is 3.59. The normalized spacial score (nSPS) is 18.6. The number of aromatic nitrogens is 2. The number of nitrogens with zero attached hydrogens (tertiary/aromatic N) is 4. The van der Waals surface area contributed by atoms with Crippen LogP contribution in [-0.4, -0.2) is 81.9 Å². The van der Waals surface area contributed by atoms with Crippen LogP contribution in [0.1, 0.15) is 75.3 Å². The number of imidazole rings is 1. The Morgan fingerprint density at radius 2 is 1.85 bits per heavy atom. The molecule has 2 aliphatic rings. The average molecular weight is 551 g/mol. The summed E-state index contributed by atoms with van der Waals surface area (Å²) in [6, 6.07) is 8.98. The molecule has 3 atom stereocenters. The lowest BCUT2D eigenvalue weighted by Gasteiger charge is -2.37. The molecule has 1 aromatic heterocycles. The van der Waals surface area contributed by atoms with Crippen molar-refractivity contribution in [2.75, 3.05) is 26.7 Å². The van der Waals surface area contributed by atoms with E-state index in [9.17, 15) is 14.4 Å². The maximum atomic E-state index is 14.0. The Kier molecular flexibility index (Phi) is 9.66. The molecule has 0 spiro atoms. The van der Waals surface area contributed by atoms with Crippen LogP contribution >= 0.6 is 0 Å². The van der Waals surface area contributed by atoms with Crippen molar-refractivity contribution in [3.63, 3.8) is 0 Å². The minimum Gasteiger partial charge on any atom is -0.342 e. The second-order valence-corrected chi connectivity index (χ2v) is 12.3. The maximum Gasteiger partial charge on any atom is 0.274 e. The molecule has 3 heterocycles. The first-order valence-corrected chi connectivity index (χ1v) is 14.8. The van der Waals surface area contributed by atoms with Crippen LogP contribution in [0, 0.1) is 5.41 Å². The van der Waals surface area contributed by atoms with Crippen molar-refractivity contribution in [3.8, 4) is 0 Å². The van der Waals surface area contributed by atoms with Gasteiger partial charge in [0.05, 0.1) is 6.04 Å². The van der Waals surface area contributed by atoms with Gasteiger partial charge in [-0.1, -0.05) is 51.1 Å². The molecule has 9 nitrogen and oxygen atoms in total. The molecule has 2 aromatic rings. The Morgan fingerprint density at radius 1 is 1.10 bits per heavy atom. The zero-order chi connectivity index (χ0) is 28.9. The van der Waals surface area contributed by atoms with Crippen LogP contribution in [0.15, 0.2) is 36.5 Å². The van der Waals surface area contributed by atoms with Crippen molar-refractivity contribution in [1.29, 1.82) is 0 Å². The summed E-state index contributed by atoms with van der Waals surface area (Å²) in [5, 5.41) is 5.94. The molecule has 0 radical (unpaired) electrons. The molecule has 1 aromatic carbocycles. The SMILES string of the molecule is CN[C@@H](C)C(=O)N[C@H](C(=O)N1CCC[C@H]1CN(CCc1ccccc1)C(=O)c1cn2c(n1)CCCC2)C(C)(C)C. The van der Waals surface area contributed by atoms with E-state index < -0.39 is 17.5 Å². The number of likely N-dealkylation sites (N-methyl/N-ethyl adjacent to an activating group) is 1. The van der Waals surface area contributed by atoms with Gasteiger partial charge in [-0.25, -0.2) is 4.98 Å². The predicted octanol–water partition coefficient (Wildman–Crippen LogP) is 3.03. The van der Waals surface area contributed by atoms with Crippen molar-refractivity contribution in [1.82, 2.24) is 30.0 Å². The number of nitrogens with one attached hydrogen (secondary N) is 2. The van der Waals surface area contributed by atoms with Gasteiger partial charge in [-0.15, -0.1) is 0 Å². The van der Waals surface area contributed by atoms with E-state index in [0.717, 1.165) is 56.5 Å². The van der Waals surface area contributed by atoms with Crippen molar-refractivity contribution < 1.29 is 14.4 Å². The van der Waals surface area contributed by atoms with Crippen molar-refractivity contribution >= 4 is 17.7 Å². The van der Waals surface area contributed by atoms with Gasteiger partial charge in [0.1, 0.15) is 17.6 Å². The summed E-state index contributed by atoms with van der Waals surface area (Å²) < 4.78 is 2.11. The zero-order valence-corrected chi connectivity index (χ0v) is 24.8. The number of hydrogen-bond donors (Lipinski definition) is 2. The van der Waals surface area contributed by atoms with Gasteiger partial charge < -0.3 is 25.0 Å². The van der Waals surface area contributed by atoms with Crippen molar-refractivity contribution in [3.05, 3.63) is 53.6 Å². The third-order valence-corrected chi connectivity index (χ3v) is 8.25. The van der Waals surface area contributed by atoms with Gasteiger partial charge in [-0.05, 0) is 57.1 Å². The number of amides is 3. The van der Waals surface area contributed by atoms with Crippen LogP contribution in [0.2, 0.25) is 0 Å². The molecular weight excluding hydrogens is 504 g/mol. The quantitative estimate of drug-likeness (QED) is 0.474. The van der Waals surface area contributed by atoms with Gasteiger partial charge >= 0.3 is 0 Å². The fourth-order valence-corrected chi connectivity index (χ4v) is 5.65. The van der Waals surface area contributed by atoms with Gasteiger partial charge in [-0.3, -0.25) is 14.4 Å². The molecule has 0 unspecified atom stereocenters. The molecule has 3 amide bonds. The standard InChI is InChI=1S/C31H46N6O3/c1-22(32-5)28(38)34-27(31(2,3)4)30(40)37-18-11-14-24(37)20-36(19-16-23-12-7-6-8-13-23)29(39)25-21-35-17-10-9-15-26(35)33-25/h6-8,12-13,21-22,24,27,32H,9-11,14-20H2,1-5H3,(H,34,38)/t22-,24-,27+/m0/s1. The van der Waals surface area contributed by atoms with Crippen LogP contribution in [0.3, 0.4) is 0 Å². The Morgan fingerprint density at radius 3 is 2.52 bits per heavy atom. The number of rotatable bonds is 10. The zero-order valence-electron chi connectivity index (χ0n) is 24.8. The molecular formula is C31H46N6O3. The number of aryl methyl sites for hydroxylation is 2. The highest BCUT2D eigenvalue weighted by Crippen LogP contribution is 2.27. The first-order chi connectivity index (χ1) is 19.1. The predicted molar refractivity (Wildman–Crippen MR) is 156 cm³/mol. The minimum absolute atomic E-state index is 0.0827. The van der Waals surface area contributed by atoms with Gasteiger partial charge in [0.2, 0.25) is 11.8 Å². The molecule has 0 aliphatic carbocycles. The van der Waals surface area contributed by atoms with E-state index in [4.69, 9.17) is 4.98 Å². The molecule has 2 N–H and O–H groups in total. The first-order valence-electron chi connectivity index (χ1n) is 14.8. The second-order valence-electron chi connectivity index (χ2n) is 12.3. The highest BCUT2D eigenvalue weighted by atomic mass is 16.2. The molecule has 0 saturated carbocycles. The molecule has 2 aliphatic heterocycles. The lowest BCUT2D eigenvalue weighted by atomic mass is 9.85. The fourth-order valence-electron chi connectivity index (χ4n) is 5.65. The Labute approximate surface area is 238 Å². The molecule has 1 saturated heterocycles. The third-order valence-electron chi connectivity index (χ3n) is 8.25. The van der Waals surface area contributed by atoms with Crippen LogP contribution in [-0.2, 0) is 29.0 Å². The van der Waals surface area contributed by atoms with Gasteiger partial charge in [0.25, 0.3) is 5.91 Å². The molecule has 0 bridgehead atoms. The summed E-state index contributed by atoms with van der Waals surface area (Å²) in [5.41, 5.74) is 1.19. The fraction of sp³-hybridized carbons (Fsp3) is 0.613. The molecule has 218 valence electrons. The molecule has 4 rings (SSSR count). The summed E-state index contributed by atoms with van der Waals surface area (Å²) in [4.78, 5) is 49.1. The van der Waals surface area contributed by atoms with E-state index in [0.29, 0.717) is 25.3 Å². The molecule has 1 fully saturated rings. The number of benzene rings is 1. The summed E-state index contributed by atoms with van der Waals surface area (Å²) in [7, 11) is 1.73. The van der Waals surface area contributed by atoms with E-state index in [1.54, 1.807) is 14.0 Å². The smallest absolute Gasteiger partial charge is 0.274 e. The summed E-state index contributed by atoms with van der Waals surface area (Å²) in [6.07, 6.45) is 7.41. The Hall–Kier alpha value is -3.20. The van der Waals surface area contributed by atoms with Crippen LogP contribution in [0.4, 0.5) is 0 Å². The summed E-state index contributed by atoms with van der Waals surface area (Å²) in [6.45, 7) is 10.2. The van der Waals surface area contributed by atoms with Crippen LogP contribution in [0.25, 0.3) is 0 Å². The van der Waals surface area contributed by atoms with E-state index in [1.165, 1.54) is 0 Å². The van der Waals surface area contributed by atoms with E-state index in [1.807, 2.05) is 55.0 Å². The largest absolute Gasteiger partial charge is 0.342 e. The summed E-state index contributed by atoms with van der Waals surface area (Å²) in [5.74, 6) is 0.616. The third kappa shape index (κ3) is 7.11. The maximum absolute atomic E-state index is 14.0. The Balaban J connectivity index is 1.54. The molecule has 9 heteroatoms. The van der Waals surface area contributed by atoms with E-state index in [-0.39, 0.29) is 23.8 Å². The highest BCUT2D eigenvalue weighted by Gasteiger charge is 2.41. The van der Waals surface area contributed by atoms with Crippen molar-refractivity contribution in [2.45, 2.75) is 90.9 Å². The number of hydrogen-bond acceptors (Lipinski definition) is 5. The number of fused-ring (bicyclic) bond motifs is 1. The minimum atomic E-state index is -0.662. The molecule has 40 heavy (non-hydrogen) atoms. The van der Waals surface area contributed by atoms with Gasteiger partial charge in [0.15, 0.2) is 0 Å². The van der Waals surface area contributed by atoms with Gasteiger partial charge in [-0.2, -0.15) is 0 Å². The monoisotopic (exact) mass is 550 g/mol. The lowest BCUT2D eigenvalue weighted by molar-refractivity contribution is -0.140. The number of carbonyl (C=O) groups is 3.